The van der Waals surface area contributed by atoms with Crippen LogP contribution in [0, 0.1) is 0 Å². The number of carbonyl (C=O) groups excluding carboxylic acids is 2. The Balaban J connectivity index is 1.07. The highest BCUT2D eigenvalue weighted by Gasteiger charge is 2.42. The van der Waals surface area contributed by atoms with Crippen LogP contribution in [0.2, 0.25) is 0 Å². The van der Waals surface area contributed by atoms with E-state index < -0.39 is 23.8 Å². The molecule has 14 heteroatoms. The van der Waals surface area contributed by atoms with E-state index in [4.69, 9.17) is 18.9 Å². The topological polar surface area (TPSA) is 152 Å². The smallest absolute Gasteiger partial charge is 0.317 e. The zero-order valence-corrected chi connectivity index (χ0v) is 39.3. The number of carboxylic acids is 2. The number of fused-ring (bicyclic) bond motifs is 2. The van der Waals surface area contributed by atoms with Gasteiger partial charge in [-0.15, -0.1) is 0 Å². The molecule has 2 atom stereocenters. The Morgan fingerprint density at radius 3 is 1.28 bits per heavy atom. The van der Waals surface area contributed by atoms with Gasteiger partial charge in [0, 0.05) is 35.7 Å². The second-order valence-electron chi connectivity index (χ2n) is 17.6. The minimum Gasteiger partial charge on any atom is -0.497 e. The van der Waals surface area contributed by atoms with Crippen LogP contribution in [0.15, 0.2) is 72.8 Å². The monoisotopic (exact) mass is 916 g/mol. The Hall–Kier alpha value is -4.50. The van der Waals surface area contributed by atoms with Crippen molar-refractivity contribution in [3.8, 4) is 11.5 Å². The molecule has 4 aromatic rings. The Morgan fingerprint density at radius 2 is 0.922 bits per heavy atom. The quantitative estimate of drug-likeness (QED) is 0.0537. The second-order valence-corrected chi connectivity index (χ2v) is 20.7. The maximum Gasteiger partial charge on any atom is 0.317 e. The molecule has 0 spiro atoms. The number of hydrogen-bond donors (Lipinski definition) is 2. The van der Waals surface area contributed by atoms with Gasteiger partial charge in [-0.05, 0) is 96.5 Å². The molecular formula is C50H64N2O10S2. The van der Waals surface area contributed by atoms with Crippen molar-refractivity contribution in [3.05, 3.63) is 83.9 Å². The van der Waals surface area contributed by atoms with Crippen LogP contribution in [0.5, 0.6) is 11.5 Å². The molecule has 0 amide bonds. The lowest BCUT2D eigenvalue weighted by molar-refractivity contribution is -0.147. The van der Waals surface area contributed by atoms with Gasteiger partial charge in [-0.25, -0.2) is 0 Å². The largest absolute Gasteiger partial charge is 0.497 e. The first kappa shape index (κ1) is 48.9. The maximum atomic E-state index is 13.3. The molecule has 0 aromatic heterocycles. The third kappa shape index (κ3) is 13.5. The minimum atomic E-state index is -0.933. The number of carbonyl (C=O) groups is 4. The normalized spacial score (nSPS) is 16.9. The van der Waals surface area contributed by atoms with Crippen LogP contribution >= 0.6 is 21.6 Å². The molecule has 346 valence electrons. The van der Waals surface area contributed by atoms with E-state index in [-0.39, 0.29) is 47.7 Å². The maximum absolute atomic E-state index is 13.3. The molecule has 0 unspecified atom stereocenters. The van der Waals surface area contributed by atoms with Crippen molar-refractivity contribution in [3.63, 3.8) is 0 Å². The van der Waals surface area contributed by atoms with Crippen LogP contribution in [0.1, 0.15) is 101 Å². The minimum absolute atomic E-state index is 0.0739. The summed E-state index contributed by atoms with van der Waals surface area (Å²) in [6, 6.07) is 23.4. The number of ether oxygens (including phenoxy) is 4. The van der Waals surface area contributed by atoms with E-state index in [0.717, 1.165) is 108 Å². The molecule has 0 heterocycles. The summed E-state index contributed by atoms with van der Waals surface area (Å²) in [6.45, 7) is 5.11. The molecule has 4 aromatic carbocycles. The van der Waals surface area contributed by atoms with Gasteiger partial charge >= 0.3 is 23.9 Å². The first-order valence-electron chi connectivity index (χ1n) is 22.5. The van der Waals surface area contributed by atoms with Crippen molar-refractivity contribution >= 4 is 67.0 Å². The fraction of sp³-hybridized carbons (Fsp3) is 0.520. The average Bonchev–Trinajstić information content (AvgIpc) is 3.29. The van der Waals surface area contributed by atoms with Gasteiger partial charge < -0.3 is 29.2 Å². The molecule has 12 nitrogen and oxygen atoms in total. The highest BCUT2D eigenvalue weighted by atomic mass is 33.1. The molecule has 2 saturated carbocycles. The summed E-state index contributed by atoms with van der Waals surface area (Å²) < 4.78 is 21.8. The van der Waals surface area contributed by atoms with Crippen LogP contribution in [-0.2, 0) is 28.7 Å². The van der Waals surface area contributed by atoms with Crippen molar-refractivity contribution in [2.24, 2.45) is 0 Å². The molecule has 6 rings (SSSR count). The van der Waals surface area contributed by atoms with Gasteiger partial charge in [0.25, 0.3) is 0 Å². The number of aliphatic carboxylic acids is 2. The zero-order valence-electron chi connectivity index (χ0n) is 37.7. The number of rotatable bonds is 23. The van der Waals surface area contributed by atoms with E-state index in [1.165, 1.54) is 0 Å². The SMILES string of the molecule is COc1ccc2cc([C@H](C)C(=O)OCCN(CC(=O)O)CC3(SSC4(CN(CCOC(=O)[C@@H](C)c5ccc6cc(OC)ccc6c5)CC(=O)O)CCCCC4)CCCCC3)ccc2c1. The summed E-state index contributed by atoms with van der Waals surface area (Å²) in [4.78, 5) is 54.8. The molecule has 2 aliphatic rings. The van der Waals surface area contributed by atoms with Gasteiger partial charge in [0.15, 0.2) is 0 Å². The fourth-order valence-corrected chi connectivity index (χ4v) is 13.2. The van der Waals surface area contributed by atoms with Gasteiger partial charge in [0.05, 0.1) is 39.1 Å². The van der Waals surface area contributed by atoms with Crippen LogP contribution < -0.4 is 9.47 Å². The van der Waals surface area contributed by atoms with Gasteiger partial charge in [-0.3, -0.25) is 29.0 Å². The molecule has 0 saturated heterocycles. The molecule has 2 fully saturated rings. The van der Waals surface area contributed by atoms with Gasteiger partial charge in [0.2, 0.25) is 0 Å². The number of nitrogens with zero attached hydrogens (tertiary/aromatic N) is 2. The van der Waals surface area contributed by atoms with Gasteiger partial charge in [-0.1, -0.05) is 109 Å². The Bertz CT molecular complexity index is 2070. The summed E-state index contributed by atoms with van der Waals surface area (Å²) in [5.41, 5.74) is 1.68. The zero-order chi connectivity index (χ0) is 45.7. The van der Waals surface area contributed by atoms with E-state index in [2.05, 4.69) is 0 Å². The van der Waals surface area contributed by atoms with Crippen molar-refractivity contribution in [1.29, 1.82) is 0 Å². The van der Waals surface area contributed by atoms with E-state index >= 15 is 0 Å². The predicted octanol–water partition coefficient (Wildman–Crippen LogP) is 9.56. The van der Waals surface area contributed by atoms with Crippen LogP contribution in [-0.4, -0.2) is 120 Å². The van der Waals surface area contributed by atoms with Crippen molar-refractivity contribution in [1.82, 2.24) is 9.80 Å². The first-order valence-corrected chi connectivity index (χ1v) is 24.7. The lowest BCUT2D eigenvalue weighted by Crippen LogP contribution is -2.47. The lowest BCUT2D eigenvalue weighted by atomic mass is 9.87. The number of carboxylic acid groups (broad SMARTS) is 2. The number of methoxy groups -OCH3 is 2. The molecule has 0 radical (unpaired) electrons. The Kier molecular flexibility index (Phi) is 17.7. The Morgan fingerprint density at radius 1 is 0.562 bits per heavy atom. The molecule has 64 heavy (non-hydrogen) atoms. The van der Waals surface area contributed by atoms with E-state index in [1.807, 2.05) is 118 Å². The molecule has 2 aliphatic carbocycles. The summed E-state index contributed by atoms with van der Waals surface area (Å²) in [5, 5.41) is 24.0. The van der Waals surface area contributed by atoms with E-state index in [9.17, 15) is 29.4 Å². The van der Waals surface area contributed by atoms with Crippen LogP contribution in [0.3, 0.4) is 0 Å². The van der Waals surface area contributed by atoms with Crippen molar-refractivity contribution in [2.45, 2.75) is 99.4 Å². The molecule has 0 bridgehead atoms. The summed E-state index contributed by atoms with van der Waals surface area (Å²) >= 11 is 0. The summed E-state index contributed by atoms with van der Waals surface area (Å²) in [5.74, 6) is -2.06. The highest BCUT2D eigenvalue weighted by molar-refractivity contribution is 8.77. The van der Waals surface area contributed by atoms with E-state index in [0.29, 0.717) is 26.2 Å². The molecular weight excluding hydrogens is 853 g/mol. The fourth-order valence-electron chi connectivity index (χ4n) is 9.08. The highest BCUT2D eigenvalue weighted by Crippen LogP contribution is 2.54. The second kappa shape index (κ2) is 23.1. The van der Waals surface area contributed by atoms with Crippen molar-refractivity contribution < 1.29 is 48.3 Å². The standard InChI is InChI=1S/C50H64N2O10S2/c1-35(37-11-13-41-29-43(59-3)17-15-39(41)27-37)47(57)61-25-23-51(31-45(53)54)33-49(19-7-5-8-20-49)63-64-50(21-9-6-10-22-50)34-52(32-46(55)56)24-26-62-48(58)36(2)38-12-14-42-30-44(60-4)18-16-40(42)28-38/h11-18,27-30,35-36H,5-10,19-26,31-34H2,1-4H3,(H,53,54)(H,55,56)/t35-,36-/m0/s1. The first-order chi connectivity index (χ1) is 30.8. The summed E-state index contributed by atoms with van der Waals surface area (Å²) in [6.07, 6.45) is 10.1. The number of esters is 2. The molecule has 2 N–H and O–H groups in total. The average molecular weight is 917 g/mol. The summed E-state index contributed by atoms with van der Waals surface area (Å²) in [7, 11) is 6.95. The predicted molar refractivity (Wildman–Crippen MR) is 255 cm³/mol. The molecule has 0 aliphatic heterocycles. The van der Waals surface area contributed by atoms with Gasteiger partial charge in [-0.2, -0.15) is 0 Å². The van der Waals surface area contributed by atoms with Crippen molar-refractivity contribution in [2.75, 3.05) is 66.7 Å². The van der Waals surface area contributed by atoms with Crippen LogP contribution in [0.4, 0.5) is 0 Å². The third-order valence-electron chi connectivity index (χ3n) is 12.8. The van der Waals surface area contributed by atoms with Crippen LogP contribution in [0.25, 0.3) is 21.5 Å². The Labute approximate surface area is 385 Å². The lowest BCUT2D eigenvalue weighted by Gasteiger charge is -2.45. The van der Waals surface area contributed by atoms with Gasteiger partial charge in [0.1, 0.15) is 24.7 Å². The number of hydrogen-bond acceptors (Lipinski definition) is 12. The number of benzene rings is 4. The third-order valence-corrected chi connectivity index (χ3v) is 17.1. The van der Waals surface area contributed by atoms with E-state index in [1.54, 1.807) is 14.2 Å².